The van der Waals surface area contributed by atoms with Crippen LogP contribution in [-0.2, 0) is 4.79 Å². The number of rotatable bonds is 5. The second kappa shape index (κ2) is 12.8. The molecule has 1 aromatic heterocycles. The quantitative estimate of drug-likeness (QED) is 0.144. The van der Waals surface area contributed by atoms with E-state index >= 15 is 0 Å². The largest absolute Gasteiger partial charge is 0.406 e. The van der Waals surface area contributed by atoms with Crippen LogP contribution in [0.4, 0.5) is 18.9 Å². The first-order chi connectivity index (χ1) is 22.2. The van der Waals surface area contributed by atoms with Crippen molar-refractivity contribution in [3.63, 3.8) is 0 Å². The summed E-state index contributed by atoms with van der Waals surface area (Å²) < 4.78 is 43.1. The van der Waals surface area contributed by atoms with Gasteiger partial charge in [-0.25, -0.2) is 14.8 Å². The number of hydrogen-bond acceptors (Lipinski definition) is 5. The van der Waals surface area contributed by atoms with Gasteiger partial charge in [0.1, 0.15) is 6.54 Å². The third-order valence-electron chi connectivity index (χ3n) is 7.97. The maximum Gasteiger partial charge on any atom is 0.406 e. The van der Waals surface area contributed by atoms with Gasteiger partial charge in [-0.15, -0.1) is 0 Å². The topological polar surface area (TPSA) is 122 Å². The summed E-state index contributed by atoms with van der Waals surface area (Å²) in [7, 11) is 0. The summed E-state index contributed by atoms with van der Waals surface area (Å²) in [5.41, 5.74) is 2.66. The van der Waals surface area contributed by atoms with Crippen molar-refractivity contribution in [1.82, 2.24) is 19.8 Å². The lowest BCUT2D eigenvalue weighted by molar-refractivity contribution is -0.133. The Balaban J connectivity index is 1.32. The van der Waals surface area contributed by atoms with E-state index in [-0.39, 0.29) is 23.4 Å². The number of carbonyl (C=O) groups is 1. The number of benzodiazepines with no additional fused rings is 1. The van der Waals surface area contributed by atoms with Gasteiger partial charge in [-0.05, 0) is 24.5 Å². The highest BCUT2D eigenvalue weighted by Gasteiger charge is 2.40. The van der Waals surface area contributed by atoms with Crippen LogP contribution in [0, 0.1) is 11.5 Å². The predicted octanol–water partition coefficient (Wildman–Crippen LogP) is 4.68. The zero-order chi connectivity index (χ0) is 32.3. The van der Waals surface area contributed by atoms with Crippen molar-refractivity contribution in [2.75, 3.05) is 24.5 Å². The molecule has 3 heterocycles. The molecule has 234 valence electrons. The molecule has 0 spiro atoms. The Bertz CT molecular complexity index is 1870. The number of aromatic amines is 1. The molecule has 2 N–H and O–H groups in total. The van der Waals surface area contributed by atoms with Crippen LogP contribution >= 0.6 is 0 Å². The first kappa shape index (κ1) is 30.4. The standard InChI is InChI=1S/C33H29F3N8O2/c34-33(35,36)20-44-27-14-8-7-13-25(27)28(23-11-5-2-6-12-23)40-29(30(44)45)41-31(38-21-37)42-17-15-24(16-18-42)43-19-26(39-32(43)46)22-9-3-1-4-10-22/h1-14,19,24,29H,15-18,20H2,(H,38,41)(H,39,46)/t29-/m1/s1. The Labute approximate surface area is 262 Å². The Morgan fingerprint density at radius 2 is 1.59 bits per heavy atom. The Hall–Kier alpha value is -5.64. The smallest absolute Gasteiger partial charge is 0.342 e. The number of nitrogens with zero attached hydrogens (tertiary/aromatic N) is 6. The van der Waals surface area contributed by atoms with Gasteiger partial charge in [0.25, 0.3) is 5.91 Å². The van der Waals surface area contributed by atoms with E-state index < -0.39 is 24.8 Å². The number of benzene rings is 3. The highest BCUT2D eigenvalue weighted by molar-refractivity contribution is 6.20. The number of hydrogen-bond donors (Lipinski definition) is 2. The molecule has 1 atom stereocenters. The van der Waals surface area contributed by atoms with Crippen molar-refractivity contribution >= 4 is 23.3 Å². The van der Waals surface area contributed by atoms with Crippen LogP contribution in [0.15, 0.2) is 106 Å². The van der Waals surface area contributed by atoms with Gasteiger partial charge in [0.2, 0.25) is 12.1 Å². The van der Waals surface area contributed by atoms with Gasteiger partial charge >= 0.3 is 11.9 Å². The number of aliphatic imine (C=N–C) groups is 2. The molecule has 10 nitrogen and oxygen atoms in total. The molecule has 4 aromatic rings. The van der Waals surface area contributed by atoms with E-state index in [0.29, 0.717) is 53.4 Å². The number of guanidine groups is 1. The number of carbonyl (C=O) groups excluding carboxylic acids is 1. The van der Waals surface area contributed by atoms with E-state index in [9.17, 15) is 28.0 Å². The fourth-order valence-corrected chi connectivity index (χ4v) is 5.83. The summed E-state index contributed by atoms with van der Waals surface area (Å²) in [6.07, 6.45) is -1.65. The third kappa shape index (κ3) is 6.41. The first-order valence-corrected chi connectivity index (χ1v) is 14.7. The lowest BCUT2D eigenvalue weighted by atomic mass is 10.0. The number of halogens is 3. The SMILES string of the molecule is N#CNC(=N[C@H]1N=C(c2ccccc2)c2ccccc2N(CC(F)(F)F)C1=O)N1CCC(n2cc(-c3ccccc3)[nH]c2=O)CC1. The van der Waals surface area contributed by atoms with Crippen LogP contribution in [0.3, 0.4) is 0 Å². The predicted molar refractivity (Wildman–Crippen MR) is 167 cm³/mol. The Morgan fingerprint density at radius 3 is 2.24 bits per heavy atom. The molecule has 13 heteroatoms. The molecule has 6 rings (SSSR count). The number of para-hydroxylation sites is 1. The first-order valence-electron chi connectivity index (χ1n) is 14.7. The molecule has 0 unspecified atom stereocenters. The Morgan fingerprint density at radius 1 is 0.957 bits per heavy atom. The lowest BCUT2D eigenvalue weighted by Gasteiger charge is -2.34. The highest BCUT2D eigenvalue weighted by Crippen LogP contribution is 2.32. The molecule has 0 aliphatic carbocycles. The molecular weight excluding hydrogens is 597 g/mol. The van der Waals surface area contributed by atoms with Crippen molar-refractivity contribution in [3.05, 3.63) is 113 Å². The summed E-state index contributed by atoms with van der Waals surface area (Å²) >= 11 is 0. The second-order valence-electron chi connectivity index (χ2n) is 10.9. The number of imidazole rings is 1. The molecule has 2 aliphatic rings. The number of aromatic nitrogens is 2. The lowest BCUT2D eigenvalue weighted by Crippen LogP contribution is -2.47. The van der Waals surface area contributed by atoms with Crippen molar-refractivity contribution in [2.45, 2.75) is 31.2 Å². The summed E-state index contributed by atoms with van der Waals surface area (Å²) in [6, 6.07) is 24.5. The zero-order valence-corrected chi connectivity index (χ0v) is 24.5. The number of fused-ring (bicyclic) bond motifs is 1. The number of alkyl halides is 3. The van der Waals surface area contributed by atoms with E-state index in [0.717, 1.165) is 5.56 Å². The summed E-state index contributed by atoms with van der Waals surface area (Å²) in [6.45, 7) is -0.812. The van der Waals surface area contributed by atoms with Gasteiger partial charge < -0.3 is 9.88 Å². The van der Waals surface area contributed by atoms with Crippen molar-refractivity contribution in [3.8, 4) is 17.5 Å². The molecule has 1 saturated heterocycles. The number of piperidine rings is 1. The molecule has 2 aliphatic heterocycles. The molecular formula is C33H29F3N8O2. The Kier molecular flexibility index (Phi) is 8.43. The molecule has 1 amide bonds. The summed E-state index contributed by atoms with van der Waals surface area (Å²) in [5.74, 6) is -0.963. The van der Waals surface area contributed by atoms with Crippen molar-refractivity contribution in [2.24, 2.45) is 9.98 Å². The van der Waals surface area contributed by atoms with Crippen molar-refractivity contribution in [1.29, 1.82) is 5.26 Å². The number of amides is 1. The maximum absolute atomic E-state index is 13.8. The summed E-state index contributed by atoms with van der Waals surface area (Å²) in [5, 5.41) is 12.1. The fraction of sp³-hybridized carbons (Fsp3) is 0.242. The zero-order valence-electron chi connectivity index (χ0n) is 24.5. The van der Waals surface area contributed by atoms with Gasteiger partial charge in [-0.2, -0.15) is 18.4 Å². The van der Waals surface area contributed by atoms with Gasteiger partial charge in [0.15, 0.2) is 6.19 Å². The molecule has 46 heavy (non-hydrogen) atoms. The van der Waals surface area contributed by atoms with Crippen LogP contribution < -0.4 is 15.9 Å². The highest BCUT2D eigenvalue weighted by atomic mass is 19.4. The molecule has 0 bridgehead atoms. The van der Waals surface area contributed by atoms with Crippen LogP contribution in [0.5, 0.6) is 0 Å². The third-order valence-corrected chi connectivity index (χ3v) is 7.97. The van der Waals surface area contributed by atoms with Crippen LogP contribution in [0.1, 0.15) is 30.0 Å². The number of anilines is 1. The van der Waals surface area contributed by atoms with Gasteiger partial charge in [-0.1, -0.05) is 78.9 Å². The minimum atomic E-state index is -4.69. The maximum atomic E-state index is 13.8. The van der Waals surface area contributed by atoms with E-state index in [1.165, 1.54) is 6.07 Å². The number of likely N-dealkylation sites (tertiary alicyclic amines) is 1. The van der Waals surface area contributed by atoms with Crippen LogP contribution in [0.25, 0.3) is 11.3 Å². The summed E-state index contributed by atoms with van der Waals surface area (Å²) in [4.78, 5) is 41.0. The second-order valence-corrected chi connectivity index (χ2v) is 10.9. The van der Waals surface area contributed by atoms with Gasteiger partial charge in [0.05, 0.1) is 17.1 Å². The number of nitriles is 1. The van der Waals surface area contributed by atoms with E-state index in [2.05, 4.69) is 20.3 Å². The fourth-order valence-electron chi connectivity index (χ4n) is 5.83. The average Bonchev–Trinajstić information content (AvgIpc) is 3.42. The molecule has 0 radical (unpaired) electrons. The van der Waals surface area contributed by atoms with Crippen LogP contribution in [-0.4, -0.2) is 64.0 Å². The molecule has 3 aromatic carbocycles. The number of H-pyrrole nitrogens is 1. The average molecular weight is 627 g/mol. The normalized spacial score (nSPS) is 17.6. The number of nitrogens with one attached hydrogen (secondary N) is 2. The van der Waals surface area contributed by atoms with E-state index in [4.69, 9.17) is 0 Å². The molecule has 0 saturated carbocycles. The van der Waals surface area contributed by atoms with Gasteiger partial charge in [-0.3, -0.25) is 19.6 Å². The minimum absolute atomic E-state index is 0.0137. The molecule has 1 fully saturated rings. The van der Waals surface area contributed by atoms with Crippen molar-refractivity contribution < 1.29 is 18.0 Å². The van der Waals surface area contributed by atoms with E-state index in [1.807, 2.05) is 36.5 Å². The van der Waals surface area contributed by atoms with Crippen LogP contribution in [0.2, 0.25) is 0 Å². The monoisotopic (exact) mass is 626 g/mol. The van der Waals surface area contributed by atoms with E-state index in [1.54, 1.807) is 64.2 Å². The minimum Gasteiger partial charge on any atom is -0.342 e. The van der Waals surface area contributed by atoms with Gasteiger partial charge in [0, 0.05) is 36.5 Å².